The van der Waals surface area contributed by atoms with E-state index in [1.165, 1.54) is 0 Å². The summed E-state index contributed by atoms with van der Waals surface area (Å²) in [4.78, 5) is 22.4. The first-order valence-electron chi connectivity index (χ1n) is 5.09. The Kier molecular flexibility index (Phi) is 4.99. The van der Waals surface area contributed by atoms with Crippen LogP contribution in [0, 0.1) is 0 Å². The molecule has 0 bridgehead atoms. The average molecular weight is 218 g/mol. The molecule has 1 aromatic rings. The van der Waals surface area contributed by atoms with Crippen molar-refractivity contribution in [1.29, 1.82) is 0 Å². The van der Waals surface area contributed by atoms with Crippen LogP contribution in [0.2, 0.25) is 0 Å². The fourth-order valence-electron chi connectivity index (χ4n) is 1.11. The number of hydrogen-bond acceptors (Lipinski definition) is 3. The standard InChI is InChI=1S/C13H14O3/c1-2-3-9-12(14)13(15)16-10-11-7-5-4-6-8-11/h2-8H,9-10H2,1H3. The largest absolute Gasteiger partial charge is 0.455 e. The lowest BCUT2D eigenvalue weighted by molar-refractivity contribution is -0.154. The van der Waals surface area contributed by atoms with Gasteiger partial charge >= 0.3 is 5.97 Å². The summed E-state index contributed by atoms with van der Waals surface area (Å²) in [6.45, 7) is 1.93. The molecular formula is C13H14O3. The van der Waals surface area contributed by atoms with Gasteiger partial charge in [-0.05, 0) is 12.5 Å². The van der Waals surface area contributed by atoms with Crippen molar-refractivity contribution in [2.75, 3.05) is 0 Å². The summed E-state index contributed by atoms with van der Waals surface area (Å²) in [6, 6.07) is 9.26. The number of hydrogen-bond donors (Lipinski definition) is 0. The van der Waals surface area contributed by atoms with Gasteiger partial charge in [0.05, 0.1) is 0 Å². The van der Waals surface area contributed by atoms with Crippen molar-refractivity contribution in [3.8, 4) is 0 Å². The van der Waals surface area contributed by atoms with Crippen LogP contribution in [-0.4, -0.2) is 11.8 Å². The van der Waals surface area contributed by atoms with Crippen LogP contribution in [0.4, 0.5) is 0 Å². The molecule has 0 atom stereocenters. The monoisotopic (exact) mass is 218 g/mol. The van der Waals surface area contributed by atoms with Gasteiger partial charge in [-0.25, -0.2) is 4.79 Å². The van der Waals surface area contributed by atoms with Crippen molar-refractivity contribution in [2.24, 2.45) is 0 Å². The Bertz CT molecular complexity index is 379. The molecule has 3 heteroatoms. The molecule has 0 radical (unpaired) electrons. The Balaban J connectivity index is 2.38. The van der Waals surface area contributed by atoms with Crippen LogP contribution >= 0.6 is 0 Å². The van der Waals surface area contributed by atoms with Gasteiger partial charge in [0.1, 0.15) is 6.61 Å². The third-order valence-electron chi connectivity index (χ3n) is 1.98. The number of ether oxygens (including phenoxy) is 1. The molecule has 0 unspecified atom stereocenters. The van der Waals surface area contributed by atoms with Gasteiger partial charge in [0.25, 0.3) is 0 Å². The van der Waals surface area contributed by atoms with E-state index in [0.717, 1.165) is 5.56 Å². The summed E-state index contributed by atoms with van der Waals surface area (Å²) in [7, 11) is 0. The van der Waals surface area contributed by atoms with Crippen LogP contribution in [0.3, 0.4) is 0 Å². The quantitative estimate of drug-likeness (QED) is 0.432. The van der Waals surface area contributed by atoms with E-state index in [9.17, 15) is 9.59 Å². The molecular weight excluding hydrogens is 204 g/mol. The fraction of sp³-hybridized carbons (Fsp3) is 0.231. The maximum absolute atomic E-state index is 11.2. The molecule has 3 nitrogen and oxygen atoms in total. The lowest BCUT2D eigenvalue weighted by Crippen LogP contribution is -2.16. The molecule has 0 N–H and O–H groups in total. The van der Waals surface area contributed by atoms with E-state index in [4.69, 9.17) is 4.74 Å². The van der Waals surface area contributed by atoms with Crippen LogP contribution in [0.15, 0.2) is 42.5 Å². The number of rotatable bonds is 5. The van der Waals surface area contributed by atoms with Crippen LogP contribution in [-0.2, 0) is 20.9 Å². The second-order valence-corrected chi connectivity index (χ2v) is 3.26. The Morgan fingerprint density at radius 2 is 1.94 bits per heavy atom. The van der Waals surface area contributed by atoms with Crippen LogP contribution in [0.25, 0.3) is 0 Å². The van der Waals surface area contributed by atoms with E-state index in [1.54, 1.807) is 19.1 Å². The Morgan fingerprint density at radius 1 is 1.25 bits per heavy atom. The van der Waals surface area contributed by atoms with Crippen LogP contribution < -0.4 is 0 Å². The minimum atomic E-state index is -0.776. The first-order valence-corrected chi connectivity index (χ1v) is 5.09. The highest BCUT2D eigenvalue weighted by Crippen LogP contribution is 2.01. The zero-order valence-corrected chi connectivity index (χ0v) is 9.18. The normalized spacial score (nSPS) is 10.3. The molecule has 0 aromatic heterocycles. The summed E-state index contributed by atoms with van der Waals surface area (Å²) < 4.78 is 4.86. The molecule has 0 aliphatic heterocycles. The van der Waals surface area contributed by atoms with Gasteiger partial charge in [-0.15, -0.1) is 0 Å². The molecule has 0 spiro atoms. The Hall–Kier alpha value is -1.90. The van der Waals surface area contributed by atoms with Gasteiger partial charge in [0, 0.05) is 6.42 Å². The van der Waals surface area contributed by atoms with Crippen molar-refractivity contribution >= 4 is 11.8 Å². The first kappa shape index (κ1) is 12.2. The van der Waals surface area contributed by atoms with E-state index >= 15 is 0 Å². The predicted molar refractivity (Wildman–Crippen MR) is 60.7 cm³/mol. The van der Waals surface area contributed by atoms with Gasteiger partial charge in [-0.1, -0.05) is 42.5 Å². The Morgan fingerprint density at radius 3 is 2.56 bits per heavy atom. The zero-order valence-electron chi connectivity index (χ0n) is 9.18. The molecule has 0 fully saturated rings. The Labute approximate surface area is 94.7 Å². The SMILES string of the molecule is CC=CCC(=O)C(=O)OCc1ccccc1. The van der Waals surface area contributed by atoms with Gasteiger partial charge in [0.15, 0.2) is 0 Å². The highest BCUT2D eigenvalue weighted by atomic mass is 16.5. The molecule has 0 aliphatic rings. The van der Waals surface area contributed by atoms with E-state index < -0.39 is 11.8 Å². The van der Waals surface area contributed by atoms with E-state index in [1.807, 2.05) is 30.3 Å². The minimum absolute atomic E-state index is 0.101. The maximum atomic E-state index is 11.2. The summed E-state index contributed by atoms with van der Waals surface area (Å²) >= 11 is 0. The minimum Gasteiger partial charge on any atom is -0.455 e. The second kappa shape index (κ2) is 6.56. The summed E-state index contributed by atoms with van der Waals surface area (Å²) in [5, 5.41) is 0. The molecule has 1 rings (SSSR count). The third-order valence-corrected chi connectivity index (χ3v) is 1.98. The van der Waals surface area contributed by atoms with Crippen molar-refractivity contribution in [3.63, 3.8) is 0 Å². The molecule has 0 amide bonds. The number of esters is 1. The number of allylic oxidation sites excluding steroid dienone is 2. The smallest absolute Gasteiger partial charge is 0.375 e. The second-order valence-electron chi connectivity index (χ2n) is 3.26. The number of carbonyl (C=O) groups is 2. The average Bonchev–Trinajstić information content (AvgIpc) is 2.34. The lowest BCUT2D eigenvalue weighted by Gasteiger charge is -2.02. The molecule has 84 valence electrons. The first-order chi connectivity index (χ1) is 7.74. The van der Waals surface area contributed by atoms with Crippen molar-refractivity contribution < 1.29 is 14.3 Å². The molecule has 0 saturated carbocycles. The zero-order chi connectivity index (χ0) is 11.8. The molecule has 0 heterocycles. The third kappa shape index (κ3) is 4.09. The summed E-state index contributed by atoms with van der Waals surface area (Å²) in [6.07, 6.45) is 3.46. The van der Waals surface area contributed by atoms with Crippen LogP contribution in [0.5, 0.6) is 0 Å². The van der Waals surface area contributed by atoms with Crippen molar-refractivity contribution in [1.82, 2.24) is 0 Å². The molecule has 1 aromatic carbocycles. The van der Waals surface area contributed by atoms with E-state index in [-0.39, 0.29) is 13.0 Å². The van der Waals surface area contributed by atoms with Crippen LogP contribution in [0.1, 0.15) is 18.9 Å². The molecule has 0 saturated heterocycles. The highest BCUT2D eigenvalue weighted by Gasteiger charge is 2.13. The lowest BCUT2D eigenvalue weighted by atomic mass is 10.2. The number of benzene rings is 1. The highest BCUT2D eigenvalue weighted by molar-refractivity contribution is 6.33. The molecule has 0 aliphatic carbocycles. The predicted octanol–water partition coefficient (Wildman–Crippen LogP) is 2.27. The molecule has 16 heavy (non-hydrogen) atoms. The topological polar surface area (TPSA) is 43.4 Å². The van der Waals surface area contributed by atoms with E-state index in [2.05, 4.69) is 0 Å². The van der Waals surface area contributed by atoms with Gasteiger partial charge in [-0.2, -0.15) is 0 Å². The fourth-order valence-corrected chi connectivity index (χ4v) is 1.11. The van der Waals surface area contributed by atoms with Gasteiger partial charge < -0.3 is 4.74 Å². The maximum Gasteiger partial charge on any atom is 0.375 e. The van der Waals surface area contributed by atoms with Crippen molar-refractivity contribution in [2.45, 2.75) is 20.0 Å². The summed E-state index contributed by atoms with van der Waals surface area (Å²) in [5.74, 6) is -1.30. The van der Waals surface area contributed by atoms with Gasteiger partial charge in [-0.3, -0.25) is 4.79 Å². The summed E-state index contributed by atoms with van der Waals surface area (Å²) in [5.41, 5.74) is 0.870. The van der Waals surface area contributed by atoms with E-state index in [0.29, 0.717) is 0 Å². The number of Topliss-reactive ketones (excluding diaryl/α,β-unsaturated/α-hetero) is 1. The number of ketones is 1. The van der Waals surface area contributed by atoms with Gasteiger partial charge in [0.2, 0.25) is 5.78 Å². The number of carbonyl (C=O) groups excluding carboxylic acids is 2. The van der Waals surface area contributed by atoms with Crippen molar-refractivity contribution in [3.05, 3.63) is 48.0 Å².